The molecule has 19 heavy (non-hydrogen) atoms. The topological polar surface area (TPSA) is 75.4 Å². The smallest absolute Gasteiger partial charge is 0.237 e. The van der Waals surface area contributed by atoms with Gasteiger partial charge in [0.15, 0.2) is 0 Å². The summed E-state index contributed by atoms with van der Waals surface area (Å²) in [5.74, 6) is -0.214. The third-order valence-electron chi connectivity index (χ3n) is 3.33. The Morgan fingerprint density at radius 1 is 1.42 bits per heavy atom. The number of rotatable bonds is 7. The molecule has 4 nitrogen and oxygen atoms in total. The second-order valence-corrected chi connectivity index (χ2v) is 5.09. The summed E-state index contributed by atoms with van der Waals surface area (Å²) in [5.41, 5.74) is 5.93. The Morgan fingerprint density at radius 3 is 2.58 bits per heavy atom. The third-order valence-corrected chi connectivity index (χ3v) is 3.33. The molecule has 0 radical (unpaired) electrons. The van der Waals surface area contributed by atoms with E-state index < -0.39 is 11.6 Å². The summed E-state index contributed by atoms with van der Waals surface area (Å²) in [4.78, 5) is 12.0. The molecule has 0 aliphatic rings. The van der Waals surface area contributed by atoms with Crippen molar-refractivity contribution in [2.75, 3.05) is 6.61 Å². The molecule has 0 aliphatic heterocycles. The molecule has 0 heterocycles. The monoisotopic (exact) mass is 264 g/mol. The average molecular weight is 264 g/mol. The fourth-order valence-corrected chi connectivity index (χ4v) is 1.93. The Balaban J connectivity index is 2.73. The maximum absolute atomic E-state index is 12.0. The van der Waals surface area contributed by atoms with Crippen LogP contribution in [0.4, 0.5) is 0 Å². The molecule has 0 aromatic heterocycles. The number of unbranched alkanes of at least 4 members (excludes halogenated alkanes) is 1. The number of benzene rings is 1. The molecule has 2 unspecified atom stereocenters. The number of hydrogen-bond acceptors (Lipinski definition) is 3. The molecule has 106 valence electrons. The standard InChI is InChI=1S/C15H24N2O2/c1-3-4-10-13(16)14(19)17-15(2,11-18)12-8-6-5-7-9-12/h5-9,13,18H,3-4,10-11,16H2,1-2H3,(H,17,19). The predicted octanol–water partition coefficient (Wildman–Crippen LogP) is 1.53. The van der Waals surface area contributed by atoms with Gasteiger partial charge in [-0.1, -0.05) is 50.1 Å². The molecule has 0 spiro atoms. The second-order valence-electron chi connectivity index (χ2n) is 5.09. The fraction of sp³-hybridized carbons (Fsp3) is 0.533. The number of nitrogens with one attached hydrogen (secondary N) is 1. The minimum Gasteiger partial charge on any atom is -0.394 e. The molecule has 1 aromatic rings. The Morgan fingerprint density at radius 2 is 2.05 bits per heavy atom. The summed E-state index contributed by atoms with van der Waals surface area (Å²) < 4.78 is 0. The van der Waals surface area contributed by atoms with E-state index in [0.29, 0.717) is 6.42 Å². The van der Waals surface area contributed by atoms with Gasteiger partial charge < -0.3 is 16.2 Å². The molecule has 1 rings (SSSR count). The molecular formula is C15H24N2O2. The Kier molecular flexibility index (Phi) is 5.99. The molecule has 0 aliphatic carbocycles. The van der Waals surface area contributed by atoms with Crippen molar-refractivity contribution >= 4 is 5.91 Å². The normalized spacial score (nSPS) is 15.6. The summed E-state index contributed by atoms with van der Waals surface area (Å²) in [6.07, 6.45) is 2.60. The highest BCUT2D eigenvalue weighted by atomic mass is 16.3. The van der Waals surface area contributed by atoms with E-state index in [1.54, 1.807) is 6.92 Å². The summed E-state index contributed by atoms with van der Waals surface area (Å²) in [5, 5.41) is 12.4. The summed E-state index contributed by atoms with van der Waals surface area (Å²) in [6, 6.07) is 8.91. The van der Waals surface area contributed by atoms with Crippen LogP contribution in [0.15, 0.2) is 30.3 Å². The highest BCUT2D eigenvalue weighted by molar-refractivity contribution is 5.82. The van der Waals surface area contributed by atoms with E-state index in [1.165, 1.54) is 0 Å². The fourth-order valence-electron chi connectivity index (χ4n) is 1.93. The lowest BCUT2D eigenvalue weighted by atomic mass is 9.92. The van der Waals surface area contributed by atoms with Crippen LogP contribution in [-0.2, 0) is 10.3 Å². The van der Waals surface area contributed by atoms with E-state index in [4.69, 9.17) is 5.73 Å². The van der Waals surface area contributed by atoms with Gasteiger partial charge in [-0.25, -0.2) is 0 Å². The van der Waals surface area contributed by atoms with Crippen LogP contribution in [0.5, 0.6) is 0 Å². The molecule has 4 N–H and O–H groups in total. The van der Waals surface area contributed by atoms with Crippen LogP contribution in [0, 0.1) is 0 Å². The number of amides is 1. The molecule has 0 saturated carbocycles. The Hall–Kier alpha value is -1.39. The molecule has 1 amide bonds. The molecule has 0 fully saturated rings. The first-order valence-electron chi connectivity index (χ1n) is 6.77. The van der Waals surface area contributed by atoms with E-state index in [1.807, 2.05) is 30.3 Å². The number of nitrogens with two attached hydrogens (primary N) is 1. The van der Waals surface area contributed by atoms with Crippen molar-refractivity contribution in [3.8, 4) is 0 Å². The first-order valence-corrected chi connectivity index (χ1v) is 6.77. The van der Waals surface area contributed by atoms with E-state index in [9.17, 15) is 9.90 Å². The van der Waals surface area contributed by atoms with Gasteiger partial charge in [-0.2, -0.15) is 0 Å². The van der Waals surface area contributed by atoms with Gasteiger partial charge in [-0.05, 0) is 18.9 Å². The summed E-state index contributed by atoms with van der Waals surface area (Å²) in [7, 11) is 0. The van der Waals surface area contributed by atoms with Crippen molar-refractivity contribution in [2.45, 2.75) is 44.7 Å². The van der Waals surface area contributed by atoms with Gasteiger partial charge in [0.1, 0.15) is 0 Å². The van der Waals surface area contributed by atoms with E-state index >= 15 is 0 Å². The van der Waals surface area contributed by atoms with Crippen molar-refractivity contribution in [1.29, 1.82) is 0 Å². The molecule has 2 atom stereocenters. The first kappa shape index (κ1) is 15.7. The van der Waals surface area contributed by atoms with Crippen molar-refractivity contribution in [3.05, 3.63) is 35.9 Å². The quantitative estimate of drug-likeness (QED) is 0.699. The van der Waals surface area contributed by atoms with Gasteiger partial charge in [-0.3, -0.25) is 4.79 Å². The van der Waals surface area contributed by atoms with Crippen LogP contribution in [0.1, 0.15) is 38.7 Å². The molecule has 0 bridgehead atoms. The van der Waals surface area contributed by atoms with Crippen LogP contribution >= 0.6 is 0 Å². The third kappa shape index (κ3) is 4.33. The maximum Gasteiger partial charge on any atom is 0.237 e. The largest absolute Gasteiger partial charge is 0.394 e. The van der Waals surface area contributed by atoms with Gasteiger partial charge in [0, 0.05) is 0 Å². The van der Waals surface area contributed by atoms with Crippen LogP contribution < -0.4 is 11.1 Å². The second kappa shape index (κ2) is 7.26. The highest BCUT2D eigenvalue weighted by Crippen LogP contribution is 2.20. The number of aliphatic hydroxyl groups is 1. The Bertz CT molecular complexity index is 394. The average Bonchev–Trinajstić information content (AvgIpc) is 2.45. The van der Waals surface area contributed by atoms with Crippen molar-refractivity contribution in [3.63, 3.8) is 0 Å². The lowest BCUT2D eigenvalue weighted by molar-refractivity contribution is -0.125. The zero-order valence-electron chi connectivity index (χ0n) is 11.7. The summed E-state index contributed by atoms with van der Waals surface area (Å²) in [6.45, 7) is 3.70. The molecular weight excluding hydrogens is 240 g/mol. The number of carbonyl (C=O) groups excluding carboxylic acids is 1. The highest BCUT2D eigenvalue weighted by Gasteiger charge is 2.29. The SMILES string of the molecule is CCCCC(N)C(=O)NC(C)(CO)c1ccccc1. The molecule has 1 aromatic carbocycles. The van der Waals surface area contributed by atoms with Crippen molar-refractivity contribution in [1.82, 2.24) is 5.32 Å². The minimum absolute atomic E-state index is 0.163. The van der Waals surface area contributed by atoms with Crippen LogP contribution in [0.25, 0.3) is 0 Å². The number of aliphatic hydroxyl groups excluding tert-OH is 1. The van der Waals surface area contributed by atoms with Crippen LogP contribution in [0.2, 0.25) is 0 Å². The summed E-state index contributed by atoms with van der Waals surface area (Å²) >= 11 is 0. The zero-order valence-corrected chi connectivity index (χ0v) is 11.7. The molecule has 0 saturated heterocycles. The van der Waals surface area contributed by atoms with Gasteiger partial charge in [0.05, 0.1) is 18.2 Å². The predicted molar refractivity (Wildman–Crippen MR) is 76.5 cm³/mol. The van der Waals surface area contributed by atoms with E-state index in [2.05, 4.69) is 12.2 Å². The van der Waals surface area contributed by atoms with Gasteiger partial charge in [-0.15, -0.1) is 0 Å². The number of carbonyl (C=O) groups is 1. The first-order chi connectivity index (χ1) is 9.03. The van der Waals surface area contributed by atoms with Gasteiger partial charge in [0.25, 0.3) is 0 Å². The van der Waals surface area contributed by atoms with Crippen molar-refractivity contribution < 1.29 is 9.90 Å². The van der Waals surface area contributed by atoms with Gasteiger partial charge in [0.2, 0.25) is 5.91 Å². The van der Waals surface area contributed by atoms with Crippen LogP contribution in [-0.4, -0.2) is 23.7 Å². The van der Waals surface area contributed by atoms with E-state index in [0.717, 1.165) is 18.4 Å². The lowest BCUT2D eigenvalue weighted by Crippen LogP contribution is -2.52. The maximum atomic E-state index is 12.0. The Labute approximate surface area is 115 Å². The molecule has 4 heteroatoms. The lowest BCUT2D eigenvalue weighted by Gasteiger charge is -2.30. The zero-order chi connectivity index (χ0) is 14.3. The van der Waals surface area contributed by atoms with Crippen molar-refractivity contribution in [2.24, 2.45) is 5.73 Å². The minimum atomic E-state index is -0.790. The van der Waals surface area contributed by atoms with Crippen LogP contribution in [0.3, 0.4) is 0 Å². The van der Waals surface area contributed by atoms with Gasteiger partial charge >= 0.3 is 0 Å². The number of hydrogen-bond donors (Lipinski definition) is 3. The van der Waals surface area contributed by atoms with E-state index in [-0.39, 0.29) is 12.5 Å².